The van der Waals surface area contributed by atoms with Crippen LogP contribution in [0.4, 0.5) is 0 Å². The van der Waals surface area contributed by atoms with Crippen LogP contribution in [0.5, 0.6) is 0 Å². The van der Waals surface area contributed by atoms with Crippen LogP contribution >= 0.6 is 0 Å². The van der Waals surface area contributed by atoms with E-state index in [1.165, 1.54) is 57.8 Å². The molecule has 0 atom stereocenters. The van der Waals surface area contributed by atoms with Gasteiger partial charge in [0.05, 0.1) is 0 Å². The first kappa shape index (κ1) is 18.1. The molecule has 0 aromatic heterocycles. The first-order valence-corrected chi connectivity index (χ1v) is 8.17. The van der Waals surface area contributed by atoms with Gasteiger partial charge in [-0.2, -0.15) is 0 Å². The van der Waals surface area contributed by atoms with E-state index in [9.17, 15) is 4.79 Å². The van der Waals surface area contributed by atoms with E-state index in [2.05, 4.69) is 31.2 Å². The lowest BCUT2D eigenvalue weighted by atomic mass is 10.1. The molecule has 0 aliphatic rings. The number of carbonyl (C=O) groups is 1. The number of rotatable bonds is 14. The van der Waals surface area contributed by atoms with Crippen LogP contribution in [0.2, 0.25) is 0 Å². The van der Waals surface area contributed by atoms with E-state index in [-0.39, 0.29) is 0 Å². The second kappa shape index (κ2) is 17.2. The summed E-state index contributed by atoms with van der Waals surface area (Å²) >= 11 is 0. The molecule has 19 heavy (non-hydrogen) atoms. The molecule has 0 radical (unpaired) electrons. The molecule has 0 rings (SSSR count). The zero-order valence-electron chi connectivity index (χ0n) is 12.8. The fourth-order valence-electron chi connectivity index (χ4n) is 2.12. The summed E-state index contributed by atoms with van der Waals surface area (Å²) in [6.07, 6.45) is 24.7. The number of aldehydes is 1. The van der Waals surface area contributed by atoms with Gasteiger partial charge in [-0.1, -0.05) is 76.2 Å². The van der Waals surface area contributed by atoms with Crippen molar-refractivity contribution in [3.63, 3.8) is 0 Å². The second-order valence-electron chi connectivity index (χ2n) is 5.19. The molecule has 110 valence electrons. The maximum atomic E-state index is 10.1. The summed E-state index contributed by atoms with van der Waals surface area (Å²) in [5.74, 6) is 0. The summed E-state index contributed by atoms with van der Waals surface area (Å²) in [7, 11) is 0. The Labute approximate surface area is 120 Å². The number of unbranched alkanes of at least 4 members (excludes halogenated alkanes) is 10. The van der Waals surface area contributed by atoms with Gasteiger partial charge in [-0.25, -0.2) is 0 Å². The van der Waals surface area contributed by atoms with Crippen molar-refractivity contribution in [2.75, 3.05) is 0 Å². The molecule has 0 amide bonds. The molecule has 0 aliphatic carbocycles. The van der Waals surface area contributed by atoms with Gasteiger partial charge in [0.1, 0.15) is 6.29 Å². The minimum Gasteiger partial charge on any atom is -0.303 e. The Morgan fingerprint density at radius 3 is 1.63 bits per heavy atom. The van der Waals surface area contributed by atoms with Crippen LogP contribution in [0.15, 0.2) is 24.3 Å². The Hall–Kier alpha value is -0.850. The van der Waals surface area contributed by atoms with Crippen molar-refractivity contribution in [1.82, 2.24) is 0 Å². The third-order valence-corrected chi connectivity index (χ3v) is 3.31. The van der Waals surface area contributed by atoms with Gasteiger partial charge in [0, 0.05) is 6.42 Å². The number of hydrogen-bond acceptors (Lipinski definition) is 1. The molecule has 1 heteroatoms. The molecule has 0 unspecified atom stereocenters. The van der Waals surface area contributed by atoms with Gasteiger partial charge in [-0.3, -0.25) is 0 Å². The van der Waals surface area contributed by atoms with Crippen LogP contribution in [-0.2, 0) is 4.79 Å². The molecule has 0 bridgehead atoms. The summed E-state index contributed by atoms with van der Waals surface area (Å²) in [5, 5.41) is 0. The molecule has 0 saturated carbocycles. The normalized spacial score (nSPS) is 11.6. The smallest absolute Gasteiger partial charge is 0.119 e. The van der Waals surface area contributed by atoms with Crippen molar-refractivity contribution in [2.24, 2.45) is 0 Å². The average molecular weight is 264 g/mol. The van der Waals surface area contributed by atoms with Gasteiger partial charge in [-0.05, 0) is 25.7 Å². The zero-order chi connectivity index (χ0) is 14.0. The molecule has 0 spiro atoms. The van der Waals surface area contributed by atoms with Gasteiger partial charge < -0.3 is 4.79 Å². The Bertz CT molecular complexity index is 228. The first-order chi connectivity index (χ1) is 9.41. The van der Waals surface area contributed by atoms with Gasteiger partial charge in [0.15, 0.2) is 0 Å². The van der Waals surface area contributed by atoms with E-state index < -0.39 is 0 Å². The van der Waals surface area contributed by atoms with Gasteiger partial charge in [-0.15, -0.1) is 0 Å². The van der Waals surface area contributed by atoms with Crippen LogP contribution in [-0.4, -0.2) is 6.29 Å². The number of hydrogen-bond donors (Lipinski definition) is 0. The topological polar surface area (TPSA) is 17.1 Å². The SMILES string of the molecule is CC/C=C/C=C\CCCCCCCCCCCC=O. The summed E-state index contributed by atoms with van der Waals surface area (Å²) in [6, 6.07) is 0. The van der Waals surface area contributed by atoms with E-state index >= 15 is 0 Å². The van der Waals surface area contributed by atoms with Gasteiger partial charge in [0.2, 0.25) is 0 Å². The Kier molecular flexibility index (Phi) is 16.4. The van der Waals surface area contributed by atoms with Crippen LogP contribution in [0.1, 0.15) is 84.0 Å². The molecule has 1 nitrogen and oxygen atoms in total. The summed E-state index contributed by atoms with van der Waals surface area (Å²) in [6.45, 7) is 2.16. The molecule has 0 aromatic rings. The highest BCUT2D eigenvalue weighted by Gasteiger charge is 1.92. The molecule has 0 fully saturated rings. The molecule has 0 heterocycles. The average Bonchev–Trinajstić information content (AvgIpc) is 2.43. The first-order valence-electron chi connectivity index (χ1n) is 8.17. The standard InChI is InChI=1S/C18H32O/c1-2-3-4-5-6-7-8-9-10-11-12-13-14-15-16-17-18-19/h3-6,18H,2,7-17H2,1H3/b4-3+,6-5-. The lowest BCUT2D eigenvalue weighted by molar-refractivity contribution is -0.107. The lowest BCUT2D eigenvalue weighted by Gasteiger charge is -2.00. The van der Waals surface area contributed by atoms with Crippen molar-refractivity contribution < 1.29 is 4.79 Å². The molecule has 0 aromatic carbocycles. The second-order valence-corrected chi connectivity index (χ2v) is 5.19. The van der Waals surface area contributed by atoms with Crippen molar-refractivity contribution in [3.05, 3.63) is 24.3 Å². The van der Waals surface area contributed by atoms with E-state index in [1.54, 1.807) is 0 Å². The zero-order valence-corrected chi connectivity index (χ0v) is 12.8. The lowest BCUT2D eigenvalue weighted by Crippen LogP contribution is -1.82. The molecule has 0 aliphatic heterocycles. The maximum Gasteiger partial charge on any atom is 0.119 e. The van der Waals surface area contributed by atoms with E-state index in [4.69, 9.17) is 0 Å². The minimum absolute atomic E-state index is 0.751. The Morgan fingerprint density at radius 1 is 0.632 bits per heavy atom. The molecule has 0 N–H and O–H groups in total. The fraction of sp³-hybridized carbons (Fsp3) is 0.722. The largest absolute Gasteiger partial charge is 0.303 e. The van der Waals surface area contributed by atoms with Crippen LogP contribution < -0.4 is 0 Å². The van der Waals surface area contributed by atoms with E-state index in [0.717, 1.165) is 25.5 Å². The summed E-state index contributed by atoms with van der Waals surface area (Å²) in [5.41, 5.74) is 0. The minimum atomic E-state index is 0.751. The van der Waals surface area contributed by atoms with Crippen LogP contribution in [0, 0.1) is 0 Å². The highest BCUT2D eigenvalue weighted by molar-refractivity contribution is 5.48. The number of carbonyl (C=O) groups excluding carboxylic acids is 1. The van der Waals surface area contributed by atoms with E-state index in [1.807, 2.05) is 0 Å². The highest BCUT2D eigenvalue weighted by Crippen LogP contribution is 2.11. The quantitative estimate of drug-likeness (QED) is 0.214. The monoisotopic (exact) mass is 264 g/mol. The van der Waals surface area contributed by atoms with Crippen LogP contribution in [0.25, 0.3) is 0 Å². The Balaban J connectivity index is 3.04. The molecular formula is C18H32O. The van der Waals surface area contributed by atoms with Crippen molar-refractivity contribution in [1.29, 1.82) is 0 Å². The molecule has 0 saturated heterocycles. The van der Waals surface area contributed by atoms with Crippen molar-refractivity contribution in [3.8, 4) is 0 Å². The van der Waals surface area contributed by atoms with Crippen molar-refractivity contribution >= 4 is 6.29 Å². The Morgan fingerprint density at radius 2 is 1.11 bits per heavy atom. The van der Waals surface area contributed by atoms with E-state index in [0.29, 0.717) is 0 Å². The maximum absolute atomic E-state index is 10.1. The highest BCUT2D eigenvalue weighted by atomic mass is 16.1. The van der Waals surface area contributed by atoms with Crippen LogP contribution in [0.3, 0.4) is 0 Å². The number of allylic oxidation sites excluding steroid dienone is 4. The van der Waals surface area contributed by atoms with Gasteiger partial charge in [0.25, 0.3) is 0 Å². The predicted octanol–water partition coefficient (Wildman–Crippen LogP) is 6.00. The predicted molar refractivity (Wildman–Crippen MR) is 85.4 cm³/mol. The summed E-state index contributed by atoms with van der Waals surface area (Å²) < 4.78 is 0. The third-order valence-electron chi connectivity index (χ3n) is 3.31. The molecular weight excluding hydrogens is 232 g/mol. The fourth-order valence-corrected chi connectivity index (χ4v) is 2.12. The van der Waals surface area contributed by atoms with Gasteiger partial charge >= 0.3 is 0 Å². The summed E-state index contributed by atoms with van der Waals surface area (Å²) in [4.78, 5) is 10.1. The van der Waals surface area contributed by atoms with Crippen molar-refractivity contribution in [2.45, 2.75) is 84.0 Å². The third kappa shape index (κ3) is 17.1.